The Morgan fingerprint density at radius 1 is 0.600 bits per heavy atom. The van der Waals surface area contributed by atoms with Gasteiger partial charge >= 0.3 is 17.9 Å². The van der Waals surface area contributed by atoms with Crippen molar-refractivity contribution < 1.29 is 89.5 Å². The lowest BCUT2D eigenvalue weighted by Gasteiger charge is -2.41. The number of phenols is 9. The summed E-state index contributed by atoms with van der Waals surface area (Å²) in [4.78, 5) is 38.1. The van der Waals surface area contributed by atoms with Crippen LogP contribution < -0.4 is 0 Å². The Morgan fingerprint density at radius 3 is 1.64 bits per heavy atom. The summed E-state index contributed by atoms with van der Waals surface area (Å²) in [5, 5.41) is 109. The van der Waals surface area contributed by atoms with E-state index in [1.165, 1.54) is 0 Å². The van der Waals surface area contributed by atoms with Crippen LogP contribution in [-0.2, 0) is 18.9 Å². The van der Waals surface area contributed by atoms with Crippen LogP contribution in [0.2, 0.25) is 0 Å². The van der Waals surface area contributed by atoms with Crippen LogP contribution in [-0.4, -0.2) is 111 Å². The van der Waals surface area contributed by atoms with Crippen molar-refractivity contribution in [2.75, 3.05) is 6.61 Å². The van der Waals surface area contributed by atoms with E-state index in [0.717, 1.165) is 24.3 Å². The highest BCUT2D eigenvalue weighted by molar-refractivity contribution is 5.95. The zero-order chi connectivity index (χ0) is 33.3. The highest BCUT2D eigenvalue weighted by Crippen LogP contribution is 2.39. The average molecular weight is 636 g/mol. The van der Waals surface area contributed by atoms with Crippen LogP contribution >= 0.6 is 0 Å². The standard InChI is InChI=1S/C27H24O18/c28-11-3-1-9(16(32)19(11)35)25(40)42-7-15-21(37)23(44-26(41)10-2-4-12(29)20(36)17(10)33)22(38)27(43-15)45-24(39)8-5-13(30)18(34)14(31)6-8/h1-6,15,21-23,27-38H,7H2/t15-,21-,22-,23+,27+/m0/s1. The van der Waals surface area contributed by atoms with Crippen molar-refractivity contribution >= 4 is 17.9 Å². The van der Waals surface area contributed by atoms with Crippen LogP contribution in [0.15, 0.2) is 36.4 Å². The molecule has 1 aliphatic rings. The lowest BCUT2D eigenvalue weighted by atomic mass is 9.98. The van der Waals surface area contributed by atoms with Crippen LogP contribution in [0.5, 0.6) is 51.7 Å². The molecule has 18 nitrogen and oxygen atoms in total. The first-order chi connectivity index (χ1) is 21.1. The molecule has 0 bridgehead atoms. The maximum atomic E-state index is 12.8. The molecule has 1 fully saturated rings. The Morgan fingerprint density at radius 2 is 1.11 bits per heavy atom. The van der Waals surface area contributed by atoms with Crippen molar-refractivity contribution in [3.63, 3.8) is 0 Å². The van der Waals surface area contributed by atoms with Gasteiger partial charge in [-0.15, -0.1) is 0 Å². The van der Waals surface area contributed by atoms with E-state index in [4.69, 9.17) is 18.9 Å². The van der Waals surface area contributed by atoms with Crippen LogP contribution in [0.1, 0.15) is 31.1 Å². The molecule has 240 valence electrons. The summed E-state index contributed by atoms with van der Waals surface area (Å²) in [6.07, 6.45) is -10.3. The number of aliphatic hydroxyl groups excluding tert-OH is 2. The molecule has 4 rings (SSSR count). The highest BCUT2D eigenvalue weighted by Gasteiger charge is 2.49. The van der Waals surface area contributed by atoms with E-state index in [2.05, 4.69) is 0 Å². The third-order valence-corrected chi connectivity index (χ3v) is 6.49. The molecule has 0 aromatic heterocycles. The maximum Gasteiger partial charge on any atom is 0.342 e. The minimum Gasteiger partial charge on any atom is -0.504 e. The quantitative estimate of drug-likeness (QED) is 0.0902. The van der Waals surface area contributed by atoms with E-state index in [1.807, 2.05) is 0 Å². The molecule has 1 saturated heterocycles. The van der Waals surface area contributed by atoms with Crippen molar-refractivity contribution in [3.8, 4) is 51.7 Å². The van der Waals surface area contributed by atoms with Gasteiger partial charge in [-0.05, 0) is 36.4 Å². The fraction of sp³-hybridized carbons (Fsp3) is 0.222. The van der Waals surface area contributed by atoms with Gasteiger partial charge in [-0.25, -0.2) is 14.4 Å². The number of hydrogen-bond acceptors (Lipinski definition) is 18. The van der Waals surface area contributed by atoms with Gasteiger partial charge < -0.3 is 75.1 Å². The zero-order valence-corrected chi connectivity index (χ0v) is 22.3. The Bertz CT molecular complexity index is 1630. The van der Waals surface area contributed by atoms with Gasteiger partial charge in [0.2, 0.25) is 17.8 Å². The number of aromatic hydroxyl groups is 9. The number of rotatable bonds is 7. The summed E-state index contributed by atoms with van der Waals surface area (Å²) in [5.41, 5.74) is -1.96. The largest absolute Gasteiger partial charge is 0.504 e. The van der Waals surface area contributed by atoms with Crippen LogP contribution in [0, 0.1) is 0 Å². The number of carbonyl (C=O) groups excluding carboxylic acids is 3. The van der Waals surface area contributed by atoms with E-state index >= 15 is 0 Å². The molecule has 0 saturated carbocycles. The number of aliphatic hydroxyl groups is 2. The Hall–Kier alpha value is -5.85. The predicted octanol–water partition coefficient (Wildman–Crippen LogP) is -0.277. The molecule has 3 aromatic carbocycles. The first kappa shape index (κ1) is 32.1. The van der Waals surface area contributed by atoms with E-state index in [0.29, 0.717) is 12.1 Å². The second kappa shape index (κ2) is 12.4. The number of ether oxygens (including phenoxy) is 4. The fourth-order valence-corrected chi connectivity index (χ4v) is 4.06. The van der Waals surface area contributed by atoms with Gasteiger partial charge in [-0.2, -0.15) is 0 Å². The smallest absolute Gasteiger partial charge is 0.342 e. The van der Waals surface area contributed by atoms with Crippen LogP contribution in [0.4, 0.5) is 0 Å². The van der Waals surface area contributed by atoms with Crippen molar-refractivity contribution in [1.29, 1.82) is 0 Å². The molecule has 0 radical (unpaired) electrons. The first-order valence-electron chi connectivity index (χ1n) is 12.5. The SMILES string of the molecule is O=C(O[C@H]1O[C@@H](COC(=O)c2ccc(O)c(O)c2O)[C@H](O)[C@@H](OC(=O)c2ccc(O)c(O)c2O)[C@@H]1O)c1cc(O)c(O)c(O)c1. The summed E-state index contributed by atoms with van der Waals surface area (Å²) in [5.74, 6) is -12.9. The maximum absolute atomic E-state index is 12.8. The molecule has 0 unspecified atom stereocenters. The van der Waals surface area contributed by atoms with Gasteiger partial charge in [-0.1, -0.05) is 0 Å². The molecule has 0 aliphatic carbocycles. The van der Waals surface area contributed by atoms with E-state index in [1.54, 1.807) is 0 Å². The minimum absolute atomic E-state index is 0.576. The molecule has 1 aliphatic heterocycles. The summed E-state index contributed by atoms with van der Waals surface area (Å²) < 4.78 is 20.5. The van der Waals surface area contributed by atoms with Crippen molar-refractivity contribution in [2.24, 2.45) is 0 Å². The van der Waals surface area contributed by atoms with Gasteiger partial charge in [0.25, 0.3) is 0 Å². The molecular weight excluding hydrogens is 612 g/mol. The van der Waals surface area contributed by atoms with E-state index in [-0.39, 0.29) is 0 Å². The Balaban J connectivity index is 1.61. The third-order valence-electron chi connectivity index (χ3n) is 6.49. The Labute approximate surface area is 249 Å². The van der Waals surface area contributed by atoms with E-state index in [9.17, 15) is 70.6 Å². The van der Waals surface area contributed by atoms with Crippen molar-refractivity contribution in [1.82, 2.24) is 0 Å². The molecule has 0 spiro atoms. The minimum atomic E-state index is -2.22. The molecule has 18 heteroatoms. The van der Waals surface area contributed by atoms with Gasteiger partial charge in [-0.3, -0.25) is 0 Å². The topological polar surface area (TPSA) is 311 Å². The van der Waals surface area contributed by atoms with Crippen LogP contribution in [0.3, 0.4) is 0 Å². The summed E-state index contributed by atoms with van der Waals surface area (Å²) in [7, 11) is 0. The van der Waals surface area contributed by atoms with Gasteiger partial charge in [0, 0.05) is 0 Å². The molecule has 1 heterocycles. The molecule has 45 heavy (non-hydrogen) atoms. The molecular formula is C27H24O18. The lowest BCUT2D eigenvalue weighted by Crippen LogP contribution is -2.61. The fourth-order valence-electron chi connectivity index (χ4n) is 4.06. The van der Waals surface area contributed by atoms with Crippen molar-refractivity contribution in [3.05, 3.63) is 53.1 Å². The number of phenolic OH excluding ortho intramolecular Hbond substituents is 9. The number of benzene rings is 3. The number of esters is 3. The molecule has 3 aromatic rings. The normalized spacial score (nSPS) is 21.1. The third kappa shape index (κ3) is 6.27. The zero-order valence-electron chi connectivity index (χ0n) is 22.3. The second-order valence-corrected chi connectivity index (χ2v) is 9.42. The summed E-state index contributed by atoms with van der Waals surface area (Å²) in [6, 6.07) is 4.73. The Kier molecular flexibility index (Phi) is 8.84. The molecule has 11 N–H and O–H groups in total. The monoisotopic (exact) mass is 636 g/mol. The molecule has 0 amide bonds. The number of hydrogen-bond donors (Lipinski definition) is 11. The first-order valence-corrected chi connectivity index (χ1v) is 12.5. The van der Waals surface area contributed by atoms with E-state index < -0.39 is 124 Å². The van der Waals surface area contributed by atoms with Crippen LogP contribution in [0.25, 0.3) is 0 Å². The van der Waals surface area contributed by atoms with Gasteiger partial charge in [0.15, 0.2) is 52.5 Å². The second-order valence-electron chi connectivity index (χ2n) is 9.42. The van der Waals surface area contributed by atoms with Crippen molar-refractivity contribution in [2.45, 2.75) is 30.7 Å². The average Bonchev–Trinajstić information content (AvgIpc) is 2.99. The predicted molar refractivity (Wildman–Crippen MR) is 140 cm³/mol. The van der Waals surface area contributed by atoms with Gasteiger partial charge in [0.1, 0.15) is 29.9 Å². The molecule has 5 atom stereocenters. The summed E-state index contributed by atoms with van der Waals surface area (Å²) in [6.45, 7) is -0.956. The number of carbonyl (C=O) groups is 3. The summed E-state index contributed by atoms with van der Waals surface area (Å²) >= 11 is 0. The van der Waals surface area contributed by atoms with Gasteiger partial charge in [0.05, 0.1) is 5.56 Å². The highest BCUT2D eigenvalue weighted by atomic mass is 16.7. The lowest BCUT2D eigenvalue weighted by molar-refractivity contribution is -0.284.